The minimum Gasteiger partial charge on any atom is -0.459 e. The highest BCUT2D eigenvalue weighted by Crippen LogP contribution is 2.77. The predicted octanol–water partition coefficient (Wildman–Crippen LogP) is 1.94. The van der Waals surface area contributed by atoms with Crippen molar-refractivity contribution < 1.29 is 48.3 Å². The third-order valence-electron chi connectivity index (χ3n) is 13.8. The fourth-order valence-corrected chi connectivity index (χ4v) is 12.5. The Hall–Kier alpha value is -1.63. The standard InChI is InChI=1S/C33H47NO10/c1-15-7-8-23-30(5,39)24-18(14-34(23)13-15)20-12-32-27-22(11-19-25(37)21(40-16(2)35)9-10-29(19,32)4)42-31(6,43-32)44-33(20,27)28(38)26(24)41-17(3)36/h15,18-24,26-28,38-39H,7-14H2,1-6H3/t15-,18-,19+,20-,21-,22+,23-,24+,26+,27+,28-,29-,30+,31?,32+,33-/m0/s1. The van der Waals surface area contributed by atoms with E-state index in [4.69, 9.17) is 23.7 Å². The summed E-state index contributed by atoms with van der Waals surface area (Å²) in [5.41, 5.74) is -3.89. The molecule has 9 rings (SSSR count). The molecular formula is C33H47NO10. The molecule has 9 fully saturated rings. The lowest BCUT2D eigenvalue weighted by Crippen LogP contribution is -2.84. The van der Waals surface area contributed by atoms with Crippen LogP contribution in [0.25, 0.3) is 0 Å². The Kier molecular flexibility index (Phi) is 6.11. The van der Waals surface area contributed by atoms with Crippen LogP contribution in [0.5, 0.6) is 0 Å². The number of hydrogen-bond acceptors (Lipinski definition) is 11. The van der Waals surface area contributed by atoms with Crippen LogP contribution in [0.3, 0.4) is 0 Å². The van der Waals surface area contributed by atoms with Gasteiger partial charge in [0, 0.05) is 63.1 Å². The largest absolute Gasteiger partial charge is 0.459 e. The molecule has 0 amide bonds. The molecule has 4 aliphatic carbocycles. The number of aliphatic hydroxyl groups excluding tert-OH is 1. The Bertz CT molecular complexity index is 1300. The lowest BCUT2D eigenvalue weighted by Gasteiger charge is -2.72. The van der Waals surface area contributed by atoms with Gasteiger partial charge in [0.15, 0.2) is 11.9 Å². The van der Waals surface area contributed by atoms with Crippen molar-refractivity contribution >= 4 is 17.7 Å². The van der Waals surface area contributed by atoms with Gasteiger partial charge in [0.05, 0.1) is 17.3 Å². The fourth-order valence-electron chi connectivity index (χ4n) is 12.5. The lowest BCUT2D eigenvalue weighted by atomic mass is 9.46. The van der Waals surface area contributed by atoms with E-state index in [1.165, 1.54) is 13.8 Å². The second-order valence-corrected chi connectivity index (χ2v) is 16.1. The summed E-state index contributed by atoms with van der Waals surface area (Å²) in [6.07, 6.45) is 0.313. The van der Waals surface area contributed by atoms with E-state index in [1.54, 1.807) is 6.92 Å². The second-order valence-electron chi connectivity index (χ2n) is 16.1. The molecule has 2 N–H and O–H groups in total. The van der Waals surface area contributed by atoms with Gasteiger partial charge in [-0.25, -0.2) is 0 Å². The van der Waals surface area contributed by atoms with Crippen LogP contribution in [-0.2, 0) is 38.1 Å². The normalized spacial score (nSPS) is 58.7. The summed E-state index contributed by atoms with van der Waals surface area (Å²) in [7, 11) is 0. The van der Waals surface area contributed by atoms with Crippen LogP contribution in [0.2, 0.25) is 0 Å². The van der Waals surface area contributed by atoms with E-state index < -0.39 is 82.3 Å². The molecule has 44 heavy (non-hydrogen) atoms. The number of esters is 2. The number of hydrogen-bond donors (Lipinski definition) is 2. The van der Waals surface area contributed by atoms with Crippen molar-refractivity contribution in [1.29, 1.82) is 0 Å². The van der Waals surface area contributed by atoms with E-state index >= 15 is 0 Å². The average Bonchev–Trinajstić information content (AvgIpc) is 3.16. The zero-order valence-corrected chi connectivity index (χ0v) is 26.6. The van der Waals surface area contributed by atoms with Gasteiger partial charge in [-0.15, -0.1) is 0 Å². The third kappa shape index (κ3) is 3.47. The van der Waals surface area contributed by atoms with Crippen molar-refractivity contribution in [3.05, 3.63) is 0 Å². The molecule has 5 heterocycles. The maximum atomic E-state index is 14.0. The first-order valence-corrected chi connectivity index (χ1v) is 16.7. The van der Waals surface area contributed by atoms with Crippen LogP contribution in [0.1, 0.15) is 80.1 Å². The summed E-state index contributed by atoms with van der Waals surface area (Å²) >= 11 is 0. The summed E-state index contributed by atoms with van der Waals surface area (Å²) in [6, 6.07) is -0.108. The zero-order chi connectivity index (χ0) is 31.4. The predicted molar refractivity (Wildman–Crippen MR) is 151 cm³/mol. The van der Waals surface area contributed by atoms with Crippen LogP contribution in [0, 0.1) is 40.9 Å². The summed E-state index contributed by atoms with van der Waals surface area (Å²) < 4.78 is 31.8. The Morgan fingerprint density at radius 1 is 1.02 bits per heavy atom. The van der Waals surface area contributed by atoms with E-state index in [9.17, 15) is 24.6 Å². The second kappa shape index (κ2) is 9.04. The van der Waals surface area contributed by atoms with Crippen molar-refractivity contribution in [3.63, 3.8) is 0 Å². The topological polar surface area (TPSA) is 141 Å². The van der Waals surface area contributed by atoms with Crippen molar-refractivity contribution in [2.75, 3.05) is 13.1 Å². The molecular weight excluding hydrogens is 570 g/mol. The average molecular weight is 618 g/mol. The van der Waals surface area contributed by atoms with E-state index in [0.29, 0.717) is 38.1 Å². The van der Waals surface area contributed by atoms with Gasteiger partial charge in [-0.05, 0) is 63.2 Å². The first-order chi connectivity index (χ1) is 20.6. The van der Waals surface area contributed by atoms with Gasteiger partial charge in [0.25, 0.3) is 5.97 Å². The molecule has 9 aliphatic rings. The molecule has 0 aromatic rings. The number of ketones is 1. The third-order valence-corrected chi connectivity index (χ3v) is 13.8. The smallest absolute Gasteiger partial charge is 0.303 e. The van der Waals surface area contributed by atoms with Crippen molar-refractivity contribution in [1.82, 2.24) is 4.90 Å². The Morgan fingerprint density at radius 2 is 1.75 bits per heavy atom. The van der Waals surface area contributed by atoms with E-state index in [-0.39, 0.29) is 23.7 Å². The fraction of sp³-hybridized carbons (Fsp3) is 0.909. The molecule has 4 saturated carbocycles. The molecule has 5 bridgehead atoms. The van der Waals surface area contributed by atoms with Crippen molar-refractivity contribution in [2.24, 2.45) is 40.9 Å². The molecule has 16 atom stereocenters. The maximum Gasteiger partial charge on any atom is 0.303 e. The number of nitrogens with zero attached hydrogens (tertiary/aromatic N) is 1. The quantitative estimate of drug-likeness (QED) is 0.439. The summed E-state index contributed by atoms with van der Waals surface area (Å²) in [5, 5.41) is 25.0. The van der Waals surface area contributed by atoms with E-state index in [0.717, 1.165) is 19.4 Å². The minimum atomic E-state index is -1.47. The molecule has 5 aliphatic heterocycles. The van der Waals surface area contributed by atoms with E-state index in [1.807, 2.05) is 6.92 Å². The number of rotatable bonds is 2. The number of piperidine rings is 2. The van der Waals surface area contributed by atoms with Gasteiger partial charge in [-0.1, -0.05) is 13.8 Å². The number of fused-ring (bicyclic) bond motifs is 4. The molecule has 5 saturated heterocycles. The van der Waals surface area contributed by atoms with Crippen molar-refractivity contribution in [3.8, 4) is 0 Å². The van der Waals surface area contributed by atoms with Crippen LogP contribution in [-0.4, -0.2) is 99.2 Å². The molecule has 11 nitrogen and oxygen atoms in total. The number of aliphatic hydroxyl groups is 2. The first kappa shape index (κ1) is 29.8. The van der Waals surface area contributed by atoms with Crippen LogP contribution >= 0.6 is 0 Å². The van der Waals surface area contributed by atoms with Gasteiger partial charge in [0.2, 0.25) is 0 Å². The Morgan fingerprint density at radius 3 is 2.45 bits per heavy atom. The first-order valence-electron chi connectivity index (χ1n) is 16.7. The highest BCUT2D eigenvalue weighted by molar-refractivity contribution is 5.89. The van der Waals surface area contributed by atoms with Gasteiger partial charge in [-0.3, -0.25) is 19.3 Å². The summed E-state index contributed by atoms with van der Waals surface area (Å²) in [5.74, 6) is -3.84. The van der Waals surface area contributed by atoms with Gasteiger partial charge in [-0.2, -0.15) is 0 Å². The summed E-state index contributed by atoms with van der Waals surface area (Å²) in [4.78, 5) is 40.9. The Balaban J connectivity index is 1.28. The highest BCUT2D eigenvalue weighted by atomic mass is 16.9. The van der Waals surface area contributed by atoms with Gasteiger partial charge < -0.3 is 33.9 Å². The van der Waals surface area contributed by atoms with E-state index in [2.05, 4.69) is 18.7 Å². The number of carbonyl (C=O) groups is 3. The van der Waals surface area contributed by atoms with Gasteiger partial charge in [0.1, 0.15) is 17.8 Å². The van der Waals surface area contributed by atoms with Crippen LogP contribution < -0.4 is 0 Å². The molecule has 0 aromatic carbocycles. The minimum absolute atomic E-state index is 0.0973. The maximum absolute atomic E-state index is 14.0. The SMILES string of the molecule is CC(=O)O[C@@H]1[C@H]2[C@@H](CN3C[C@@H](C)CC[C@H]3[C@@]2(C)O)[C@@H]2C[C@]34OC5(C)O[C@H](C[C@@H]6C(=O)[C@@H](OC(C)=O)CC[C@@]63C)[C@H]4[C@]2(O5)[C@H]1O. The summed E-state index contributed by atoms with van der Waals surface area (Å²) in [6.45, 7) is 12.2. The Labute approximate surface area is 258 Å². The highest BCUT2D eigenvalue weighted by Gasteiger charge is 2.88. The molecule has 0 aromatic heterocycles. The molecule has 0 radical (unpaired) electrons. The van der Waals surface area contributed by atoms with Gasteiger partial charge >= 0.3 is 11.9 Å². The number of carbonyl (C=O) groups excluding carboxylic acids is 3. The van der Waals surface area contributed by atoms with Crippen LogP contribution in [0.15, 0.2) is 0 Å². The lowest BCUT2D eigenvalue weighted by molar-refractivity contribution is -0.559. The number of Topliss-reactive ketones (excluding diaryl/α,β-unsaturated/α-hetero) is 1. The molecule has 1 unspecified atom stereocenters. The molecule has 1 spiro atoms. The zero-order valence-electron chi connectivity index (χ0n) is 26.6. The monoisotopic (exact) mass is 617 g/mol. The van der Waals surface area contributed by atoms with Crippen LogP contribution in [0.4, 0.5) is 0 Å². The van der Waals surface area contributed by atoms with Crippen molar-refractivity contribution in [2.45, 2.75) is 133 Å². The molecule has 11 heteroatoms. The number of ether oxygens (including phenoxy) is 5. The molecule has 244 valence electrons.